The highest BCUT2D eigenvalue weighted by molar-refractivity contribution is 8.00. The van der Waals surface area contributed by atoms with E-state index in [9.17, 15) is 14.0 Å². The smallest absolute Gasteiger partial charge is 0.234 e. The molecule has 1 N–H and O–H groups in total. The lowest BCUT2D eigenvalue weighted by atomic mass is 10.1. The fraction of sp³-hybridized carbons (Fsp3) is 0.300. The number of morpholine rings is 1. The Morgan fingerprint density at radius 3 is 2.63 bits per heavy atom. The summed E-state index contributed by atoms with van der Waals surface area (Å²) in [5, 5.41) is 2.91. The minimum absolute atomic E-state index is 0.0772. The number of thioether (sulfide) groups is 1. The maximum Gasteiger partial charge on any atom is 0.234 e. The van der Waals surface area contributed by atoms with Gasteiger partial charge in [0.05, 0.1) is 30.3 Å². The van der Waals surface area contributed by atoms with Gasteiger partial charge >= 0.3 is 0 Å². The first-order valence-corrected chi connectivity index (χ1v) is 9.68. The number of halogens is 1. The van der Waals surface area contributed by atoms with Crippen molar-refractivity contribution in [2.45, 2.75) is 11.8 Å². The summed E-state index contributed by atoms with van der Waals surface area (Å²) in [6.07, 6.45) is 0. The summed E-state index contributed by atoms with van der Waals surface area (Å²) in [7, 11) is 0. The standard InChI is InChI=1S/C20H21FN2O3S/c1-14(24)15-6-7-19(16(21)12-15)27-13-20(25)22-17-4-2-3-5-18(17)23-8-10-26-11-9-23/h2-7,12H,8-11,13H2,1H3,(H,22,25). The van der Waals surface area contributed by atoms with Crippen molar-refractivity contribution >= 4 is 34.8 Å². The summed E-state index contributed by atoms with van der Waals surface area (Å²) < 4.78 is 19.4. The number of benzene rings is 2. The van der Waals surface area contributed by atoms with Gasteiger partial charge in [-0.15, -0.1) is 11.8 Å². The molecule has 142 valence electrons. The largest absolute Gasteiger partial charge is 0.378 e. The number of amides is 1. The van der Waals surface area contributed by atoms with Gasteiger partial charge in [0.15, 0.2) is 5.78 Å². The Kier molecular flexibility index (Phi) is 6.47. The molecule has 2 aromatic rings. The van der Waals surface area contributed by atoms with Crippen molar-refractivity contribution in [1.82, 2.24) is 0 Å². The van der Waals surface area contributed by atoms with Gasteiger partial charge in [0.25, 0.3) is 0 Å². The first-order chi connectivity index (χ1) is 13.0. The number of hydrogen-bond acceptors (Lipinski definition) is 5. The normalized spacial score (nSPS) is 14.1. The predicted molar refractivity (Wildman–Crippen MR) is 105 cm³/mol. The summed E-state index contributed by atoms with van der Waals surface area (Å²) in [5.41, 5.74) is 2.01. The zero-order valence-electron chi connectivity index (χ0n) is 15.0. The van der Waals surface area contributed by atoms with Crippen LogP contribution in [0.4, 0.5) is 15.8 Å². The van der Waals surface area contributed by atoms with Crippen LogP contribution in [0.15, 0.2) is 47.4 Å². The minimum Gasteiger partial charge on any atom is -0.378 e. The molecule has 0 spiro atoms. The molecule has 1 aliphatic heterocycles. The number of hydrogen-bond donors (Lipinski definition) is 1. The Bertz CT molecular complexity index is 838. The summed E-state index contributed by atoms with van der Waals surface area (Å²) in [6.45, 7) is 4.26. The molecule has 0 aromatic heterocycles. The van der Waals surface area contributed by atoms with E-state index < -0.39 is 5.82 Å². The van der Waals surface area contributed by atoms with Crippen molar-refractivity contribution in [3.8, 4) is 0 Å². The van der Waals surface area contributed by atoms with E-state index in [1.165, 1.54) is 19.1 Å². The van der Waals surface area contributed by atoms with Crippen LogP contribution in [0.5, 0.6) is 0 Å². The van der Waals surface area contributed by atoms with Gasteiger partial charge in [-0.2, -0.15) is 0 Å². The summed E-state index contributed by atoms with van der Waals surface area (Å²) in [5.74, 6) is -0.818. The van der Waals surface area contributed by atoms with Crippen LogP contribution in [-0.4, -0.2) is 43.7 Å². The quantitative estimate of drug-likeness (QED) is 0.605. The van der Waals surface area contributed by atoms with Crippen LogP contribution in [0, 0.1) is 5.82 Å². The van der Waals surface area contributed by atoms with Crippen LogP contribution in [0.3, 0.4) is 0 Å². The van der Waals surface area contributed by atoms with Crippen molar-refractivity contribution in [1.29, 1.82) is 0 Å². The van der Waals surface area contributed by atoms with Gasteiger partial charge in [0, 0.05) is 23.5 Å². The van der Waals surface area contributed by atoms with Gasteiger partial charge in [0.1, 0.15) is 5.82 Å². The molecule has 0 atom stereocenters. The number of rotatable bonds is 6. The van der Waals surface area contributed by atoms with E-state index >= 15 is 0 Å². The van der Waals surface area contributed by atoms with Gasteiger partial charge in [-0.25, -0.2) is 4.39 Å². The van der Waals surface area contributed by atoms with Crippen LogP contribution in [0.2, 0.25) is 0 Å². The molecule has 3 rings (SSSR count). The molecular weight excluding hydrogens is 367 g/mol. The summed E-state index contributed by atoms with van der Waals surface area (Å²) >= 11 is 1.10. The minimum atomic E-state index is -0.491. The average molecular weight is 388 g/mol. The zero-order chi connectivity index (χ0) is 19.2. The maximum atomic E-state index is 14.1. The molecule has 1 amide bonds. The second-order valence-electron chi connectivity index (χ2n) is 6.15. The van der Waals surface area contributed by atoms with Crippen molar-refractivity contribution in [3.05, 3.63) is 53.8 Å². The molecule has 0 bridgehead atoms. The number of carbonyl (C=O) groups is 2. The van der Waals surface area contributed by atoms with Crippen molar-refractivity contribution < 1.29 is 18.7 Å². The topological polar surface area (TPSA) is 58.6 Å². The summed E-state index contributed by atoms with van der Waals surface area (Å²) in [4.78, 5) is 26.2. The van der Waals surface area contributed by atoms with Crippen LogP contribution in [0.25, 0.3) is 0 Å². The number of nitrogens with zero attached hydrogens (tertiary/aromatic N) is 1. The highest BCUT2D eigenvalue weighted by atomic mass is 32.2. The van der Waals surface area contributed by atoms with E-state index in [4.69, 9.17) is 4.74 Å². The molecule has 0 unspecified atom stereocenters. The molecule has 7 heteroatoms. The van der Waals surface area contributed by atoms with Crippen molar-refractivity contribution in [2.75, 3.05) is 42.3 Å². The first kappa shape index (κ1) is 19.4. The third-order valence-electron chi connectivity index (χ3n) is 4.23. The molecule has 0 aliphatic carbocycles. The number of nitrogens with one attached hydrogen (secondary N) is 1. The fourth-order valence-corrected chi connectivity index (χ4v) is 3.55. The van der Waals surface area contributed by atoms with Gasteiger partial charge in [-0.3, -0.25) is 9.59 Å². The Hall–Kier alpha value is -2.38. The highest BCUT2D eigenvalue weighted by Gasteiger charge is 2.16. The predicted octanol–water partition coefficient (Wildman–Crippen LogP) is 3.60. The number of anilines is 2. The lowest BCUT2D eigenvalue weighted by Crippen LogP contribution is -2.36. The van der Waals surface area contributed by atoms with E-state index in [1.807, 2.05) is 24.3 Å². The number of para-hydroxylation sites is 2. The van der Waals surface area contributed by atoms with Gasteiger partial charge < -0.3 is 15.0 Å². The lowest BCUT2D eigenvalue weighted by Gasteiger charge is -2.30. The Labute approximate surface area is 161 Å². The second-order valence-corrected chi connectivity index (χ2v) is 7.17. The molecule has 0 saturated carbocycles. The van der Waals surface area contributed by atoms with Crippen LogP contribution in [0.1, 0.15) is 17.3 Å². The molecular formula is C20H21FN2O3S. The molecule has 1 heterocycles. The molecule has 0 radical (unpaired) electrons. The SMILES string of the molecule is CC(=O)c1ccc(SCC(=O)Nc2ccccc2N2CCOCC2)c(F)c1. The highest BCUT2D eigenvalue weighted by Crippen LogP contribution is 2.27. The van der Waals surface area contributed by atoms with Crippen LogP contribution >= 0.6 is 11.8 Å². The van der Waals surface area contributed by atoms with Gasteiger partial charge in [0.2, 0.25) is 5.91 Å². The van der Waals surface area contributed by atoms with Crippen molar-refractivity contribution in [2.24, 2.45) is 0 Å². The number of Topliss-reactive ketones (excluding diaryl/α,β-unsaturated/α-hetero) is 1. The van der Waals surface area contributed by atoms with Crippen LogP contribution < -0.4 is 10.2 Å². The molecule has 1 saturated heterocycles. The Morgan fingerprint density at radius 1 is 1.19 bits per heavy atom. The monoisotopic (exact) mass is 388 g/mol. The van der Waals surface area contributed by atoms with E-state index in [0.717, 1.165) is 36.2 Å². The van der Waals surface area contributed by atoms with E-state index in [1.54, 1.807) is 6.07 Å². The van der Waals surface area contributed by atoms with Crippen molar-refractivity contribution in [3.63, 3.8) is 0 Å². The second kappa shape index (κ2) is 9.01. The first-order valence-electron chi connectivity index (χ1n) is 8.69. The number of ether oxygens (including phenoxy) is 1. The lowest BCUT2D eigenvalue weighted by molar-refractivity contribution is -0.113. The molecule has 1 aliphatic rings. The molecule has 5 nitrogen and oxygen atoms in total. The molecule has 1 fully saturated rings. The van der Waals surface area contributed by atoms with E-state index in [0.29, 0.717) is 23.7 Å². The maximum absolute atomic E-state index is 14.1. The zero-order valence-corrected chi connectivity index (χ0v) is 15.9. The fourth-order valence-electron chi connectivity index (χ4n) is 2.83. The summed E-state index contributed by atoms with van der Waals surface area (Å²) in [6, 6.07) is 11.9. The molecule has 2 aromatic carbocycles. The van der Waals surface area contributed by atoms with E-state index in [2.05, 4.69) is 10.2 Å². The Morgan fingerprint density at radius 2 is 1.93 bits per heavy atom. The average Bonchev–Trinajstić information content (AvgIpc) is 2.68. The van der Waals surface area contributed by atoms with Crippen LogP contribution in [-0.2, 0) is 9.53 Å². The number of carbonyl (C=O) groups excluding carboxylic acids is 2. The molecule has 27 heavy (non-hydrogen) atoms. The van der Waals surface area contributed by atoms with Gasteiger partial charge in [-0.05, 0) is 31.2 Å². The van der Waals surface area contributed by atoms with E-state index in [-0.39, 0.29) is 17.4 Å². The Balaban J connectivity index is 1.62. The third kappa shape index (κ3) is 5.08. The van der Waals surface area contributed by atoms with Gasteiger partial charge in [-0.1, -0.05) is 18.2 Å². The third-order valence-corrected chi connectivity index (χ3v) is 5.28. The number of ketones is 1.